The quantitative estimate of drug-likeness (QED) is 0.842. The second kappa shape index (κ2) is 7.44. The van der Waals surface area contributed by atoms with Crippen LogP contribution in [0.15, 0.2) is 29.2 Å². The monoisotopic (exact) mass is 294 g/mol. The highest BCUT2D eigenvalue weighted by molar-refractivity contribution is 7.89. The molecule has 0 radical (unpaired) electrons. The third-order valence-corrected chi connectivity index (χ3v) is 5.23. The van der Waals surface area contributed by atoms with E-state index in [2.05, 4.69) is 11.8 Å². The van der Waals surface area contributed by atoms with Gasteiger partial charge in [0.25, 0.3) is 0 Å². The number of hydrogen-bond donors (Lipinski definition) is 1. The molecule has 2 N–H and O–H groups in total. The zero-order chi connectivity index (χ0) is 15.2. The summed E-state index contributed by atoms with van der Waals surface area (Å²) in [7, 11) is -1.92. The lowest BCUT2D eigenvalue weighted by atomic mass is 10.2. The zero-order valence-corrected chi connectivity index (χ0v) is 13.1. The largest absolute Gasteiger partial charge is 0.320 e. The first-order chi connectivity index (χ1) is 9.45. The standard InChI is InChI=1S/C15H22N2O2S/c1-4-8-13(2)17(3)20(18,19)15-11-6-5-9-14(15)10-7-12-16/h5-6,9,11,13H,4,8,12,16H2,1-3H3. The highest BCUT2D eigenvalue weighted by Crippen LogP contribution is 2.21. The molecule has 0 amide bonds. The normalized spacial score (nSPS) is 12.8. The van der Waals surface area contributed by atoms with Crippen molar-refractivity contribution in [2.75, 3.05) is 13.6 Å². The van der Waals surface area contributed by atoms with Crippen molar-refractivity contribution in [2.24, 2.45) is 5.73 Å². The third kappa shape index (κ3) is 3.83. The van der Waals surface area contributed by atoms with Crippen molar-refractivity contribution in [3.63, 3.8) is 0 Å². The molecular weight excluding hydrogens is 272 g/mol. The molecule has 0 saturated carbocycles. The highest BCUT2D eigenvalue weighted by Gasteiger charge is 2.26. The smallest absolute Gasteiger partial charge is 0.244 e. The Bertz CT molecular complexity index is 600. The molecule has 5 heteroatoms. The molecule has 0 heterocycles. The predicted octanol–water partition coefficient (Wildman–Crippen LogP) is 1.81. The van der Waals surface area contributed by atoms with Crippen LogP contribution in [0.25, 0.3) is 0 Å². The van der Waals surface area contributed by atoms with E-state index in [1.54, 1.807) is 31.3 Å². The van der Waals surface area contributed by atoms with Crippen LogP contribution in [0.5, 0.6) is 0 Å². The van der Waals surface area contributed by atoms with Gasteiger partial charge in [-0.2, -0.15) is 4.31 Å². The average molecular weight is 294 g/mol. The Labute approximate surface area is 122 Å². The minimum absolute atomic E-state index is 0.0412. The van der Waals surface area contributed by atoms with Crippen LogP contribution in [0.3, 0.4) is 0 Å². The van der Waals surface area contributed by atoms with E-state index in [-0.39, 0.29) is 17.5 Å². The van der Waals surface area contributed by atoms with Crippen LogP contribution in [0.4, 0.5) is 0 Å². The third-order valence-electron chi connectivity index (χ3n) is 3.20. The van der Waals surface area contributed by atoms with Gasteiger partial charge in [-0.05, 0) is 25.5 Å². The van der Waals surface area contributed by atoms with E-state index in [9.17, 15) is 8.42 Å². The molecule has 4 nitrogen and oxygen atoms in total. The van der Waals surface area contributed by atoms with Crippen LogP contribution < -0.4 is 5.73 Å². The lowest BCUT2D eigenvalue weighted by Crippen LogP contribution is -2.35. The summed E-state index contributed by atoms with van der Waals surface area (Å²) in [5.41, 5.74) is 5.84. The number of sulfonamides is 1. The number of benzene rings is 1. The molecule has 0 saturated heterocycles. The molecule has 0 aromatic heterocycles. The van der Waals surface area contributed by atoms with Crippen molar-refractivity contribution in [3.8, 4) is 11.8 Å². The number of rotatable bonds is 5. The number of nitrogens with zero attached hydrogens (tertiary/aromatic N) is 1. The Morgan fingerprint density at radius 3 is 2.60 bits per heavy atom. The highest BCUT2D eigenvalue weighted by atomic mass is 32.2. The van der Waals surface area contributed by atoms with E-state index >= 15 is 0 Å². The molecule has 0 aliphatic rings. The minimum atomic E-state index is -3.53. The molecule has 1 unspecified atom stereocenters. The van der Waals surface area contributed by atoms with Crippen LogP contribution in [0, 0.1) is 11.8 Å². The van der Waals surface area contributed by atoms with Crippen molar-refractivity contribution in [3.05, 3.63) is 29.8 Å². The second-order valence-electron chi connectivity index (χ2n) is 4.66. The summed E-state index contributed by atoms with van der Waals surface area (Å²) in [5.74, 6) is 5.53. The van der Waals surface area contributed by atoms with Gasteiger partial charge in [-0.3, -0.25) is 0 Å². The van der Waals surface area contributed by atoms with E-state index in [1.165, 1.54) is 4.31 Å². The van der Waals surface area contributed by atoms with Gasteiger partial charge >= 0.3 is 0 Å². The Balaban J connectivity index is 3.22. The Morgan fingerprint density at radius 1 is 1.35 bits per heavy atom. The van der Waals surface area contributed by atoms with Crippen molar-refractivity contribution in [1.82, 2.24) is 4.31 Å². The first kappa shape index (κ1) is 16.7. The fraction of sp³-hybridized carbons (Fsp3) is 0.467. The number of nitrogens with two attached hydrogens (primary N) is 1. The molecule has 0 bridgehead atoms. The maximum absolute atomic E-state index is 12.7. The van der Waals surface area contributed by atoms with E-state index in [0.717, 1.165) is 12.8 Å². The van der Waals surface area contributed by atoms with Crippen LogP contribution in [0.2, 0.25) is 0 Å². The summed E-state index contributed by atoms with van der Waals surface area (Å²) in [6.07, 6.45) is 1.77. The van der Waals surface area contributed by atoms with E-state index < -0.39 is 10.0 Å². The summed E-state index contributed by atoms with van der Waals surface area (Å²) < 4.78 is 26.7. The fourth-order valence-electron chi connectivity index (χ4n) is 1.93. The number of hydrogen-bond acceptors (Lipinski definition) is 3. The molecule has 1 atom stereocenters. The summed E-state index contributed by atoms with van der Waals surface area (Å²) in [6.45, 7) is 4.16. The molecule has 1 aromatic carbocycles. The van der Waals surface area contributed by atoms with Gasteiger partial charge in [0.05, 0.1) is 11.4 Å². The second-order valence-corrected chi connectivity index (χ2v) is 6.63. The predicted molar refractivity (Wildman–Crippen MR) is 81.7 cm³/mol. The van der Waals surface area contributed by atoms with E-state index in [4.69, 9.17) is 5.73 Å². The summed E-state index contributed by atoms with van der Waals surface area (Å²) >= 11 is 0. The first-order valence-corrected chi connectivity index (χ1v) is 8.15. The van der Waals surface area contributed by atoms with Crippen molar-refractivity contribution in [1.29, 1.82) is 0 Å². The van der Waals surface area contributed by atoms with E-state index in [1.807, 2.05) is 13.8 Å². The van der Waals surface area contributed by atoms with Gasteiger partial charge in [0.15, 0.2) is 0 Å². The molecule has 1 aromatic rings. The van der Waals surface area contributed by atoms with Crippen LogP contribution in [-0.2, 0) is 10.0 Å². The van der Waals surface area contributed by atoms with Crippen LogP contribution in [-0.4, -0.2) is 32.4 Å². The fourth-order valence-corrected chi connectivity index (χ4v) is 3.47. The maximum Gasteiger partial charge on any atom is 0.244 e. The minimum Gasteiger partial charge on any atom is -0.320 e. The SMILES string of the molecule is CCCC(C)N(C)S(=O)(=O)c1ccccc1C#CCN. The molecule has 20 heavy (non-hydrogen) atoms. The van der Waals surface area contributed by atoms with Gasteiger partial charge in [0, 0.05) is 18.7 Å². The molecule has 0 spiro atoms. The Morgan fingerprint density at radius 2 is 2.00 bits per heavy atom. The lowest BCUT2D eigenvalue weighted by Gasteiger charge is -2.24. The maximum atomic E-state index is 12.7. The van der Waals surface area contributed by atoms with Gasteiger partial charge < -0.3 is 5.73 Å². The molecule has 110 valence electrons. The Kier molecular flexibility index (Phi) is 6.21. The summed E-state index contributed by atoms with van der Waals surface area (Å²) in [4.78, 5) is 0.242. The zero-order valence-electron chi connectivity index (χ0n) is 12.3. The van der Waals surface area contributed by atoms with Crippen LogP contribution >= 0.6 is 0 Å². The molecule has 0 aliphatic carbocycles. The first-order valence-electron chi connectivity index (χ1n) is 6.71. The van der Waals surface area contributed by atoms with Crippen molar-refractivity contribution >= 4 is 10.0 Å². The lowest BCUT2D eigenvalue weighted by molar-refractivity contribution is 0.368. The summed E-state index contributed by atoms with van der Waals surface area (Å²) in [6, 6.07) is 6.73. The summed E-state index contributed by atoms with van der Waals surface area (Å²) in [5, 5.41) is 0. The van der Waals surface area contributed by atoms with Crippen LogP contribution in [0.1, 0.15) is 32.3 Å². The van der Waals surface area contributed by atoms with E-state index in [0.29, 0.717) is 5.56 Å². The topological polar surface area (TPSA) is 63.4 Å². The van der Waals surface area contributed by atoms with Gasteiger partial charge in [-0.15, -0.1) is 0 Å². The van der Waals surface area contributed by atoms with Crippen molar-refractivity contribution in [2.45, 2.75) is 37.6 Å². The molecule has 1 rings (SSSR count). The van der Waals surface area contributed by atoms with Gasteiger partial charge in [0.1, 0.15) is 0 Å². The molecule has 0 aliphatic heterocycles. The molecular formula is C15H22N2O2S. The Hall–Kier alpha value is -1.35. The van der Waals surface area contributed by atoms with Gasteiger partial charge in [-0.25, -0.2) is 8.42 Å². The van der Waals surface area contributed by atoms with Gasteiger partial charge in [-0.1, -0.05) is 37.3 Å². The average Bonchev–Trinajstić information content (AvgIpc) is 2.44. The molecule has 0 fully saturated rings. The van der Waals surface area contributed by atoms with Gasteiger partial charge in [0.2, 0.25) is 10.0 Å². The van der Waals surface area contributed by atoms with Crippen molar-refractivity contribution < 1.29 is 8.42 Å².